The first-order valence-electron chi connectivity index (χ1n) is 6.23. The lowest BCUT2D eigenvalue weighted by Gasteiger charge is -2.19. The topological polar surface area (TPSA) is 29.1 Å². The Bertz CT molecular complexity index is 424. The molecule has 0 heterocycles. The Labute approximate surface area is 117 Å². The van der Waals surface area contributed by atoms with Crippen molar-refractivity contribution in [3.8, 4) is 0 Å². The molecule has 0 bridgehead atoms. The van der Waals surface area contributed by atoms with Crippen molar-refractivity contribution < 1.29 is 4.79 Å². The van der Waals surface area contributed by atoms with Crippen LogP contribution >= 0.6 is 23.4 Å². The second-order valence-electron chi connectivity index (χ2n) is 4.62. The zero-order valence-electron chi connectivity index (χ0n) is 10.5. The number of carbonyl (C=O) groups is 1. The van der Waals surface area contributed by atoms with Crippen LogP contribution in [-0.4, -0.2) is 23.5 Å². The van der Waals surface area contributed by atoms with Gasteiger partial charge in [0.15, 0.2) is 0 Å². The number of carbonyl (C=O) groups excluding carboxylic acids is 1. The number of alkyl halides is 1. The fraction of sp³-hybridized carbons (Fsp3) is 0.500. The number of amides is 1. The Morgan fingerprint density at radius 2 is 2.33 bits per heavy atom. The summed E-state index contributed by atoms with van der Waals surface area (Å²) < 4.78 is 0. The third kappa shape index (κ3) is 3.21. The lowest BCUT2D eigenvalue weighted by molar-refractivity contribution is 0.0938. The van der Waals surface area contributed by atoms with Crippen LogP contribution in [-0.2, 0) is 5.88 Å². The maximum atomic E-state index is 12.2. The van der Waals surface area contributed by atoms with E-state index in [1.807, 2.05) is 36.0 Å². The first-order valence-corrected chi connectivity index (χ1v) is 8.05. The highest BCUT2D eigenvalue weighted by atomic mass is 35.5. The van der Waals surface area contributed by atoms with Gasteiger partial charge in [0.1, 0.15) is 0 Å². The number of benzene rings is 1. The molecule has 2 atom stereocenters. The van der Waals surface area contributed by atoms with Crippen molar-refractivity contribution >= 4 is 29.3 Å². The largest absolute Gasteiger partial charge is 0.348 e. The predicted molar refractivity (Wildman–Crippen MR) is 78.4 cm³/mol. The van der Waals surface area contributed by atoms with Gasteiger partial charge in [-0.15, -0.1) is 11.6 Å². The average molecular weight is 284 g/mol. The molecule has 0 aliphatic heterocycles. The minimum atomic E-state index is 0.0212. The van der Waals surface area contributed by atoms with Gasteiger partial charge in [0.25, 0.3) is 5.91 Å². The predicted octanol–water partition coefficient (Wildman–Crippen LogP) is 3.44. The minimum Gasteiger partial charge on any atom is -0.348 e. The fourth-order valence-corrected chi connectivity index (χ4v) is 3.52. The summed E-state index contributed by atoms with van der Waals surface area (Å²) >= 11 is 7.63. The molecule has 18 heavy (non-hydrogen) atoms. The number of thioether (sulfide) groups is 1. The van der Waals surface area contributed by atoms with Crippen molar-refractivity contribution in [3.63, 3.8) is 0 Å². The molecule has 0 saturated heterocycles. The van der Waals surface area contributed by atoms with Gasteiger partial charge in [-0.1, -0.05) is 18.6 Å². The molecular formula is C14H18ClNOS. The Kier molecular flexibility index (Phi) is 4.95. The molecule has 0 spiro atoms. The summed E-state index contributed by atoms with van der Waals surface area (Å²) in [6.07, 6.45) is 5.61. The molecule has 1 amide bonds. The average Bonchev–Trinajstić information content (AvgIpc) is 2.86. The van der Waals surface area contributed by atoms with E-state index in [0.29, 0.717) is 22.7 Å². The van der Waals surface area contributed by atoms with Gasteiger partial charge in [0.05, 0.1) is 0 Å². The summed E-state index contributed by atoms with van der Waals surface area (Å²) in [4.78, 5) is 12.2. The van der Waals surface area contributed by atoms with Crippen LogP contribution in [0.1, 0.15) is 35.2 Å². The van der Waals surface area contributed by atoms with Crippen molar-refractivity contribution in [2.75, 3.05) is 6.26 Å². The monoisotopic (exact) mass is 283 g/mol. The Balaban J connectivity index is 2.02. The van der Waals surface area contributed by atoms with E-state index < -0.39 is 0 Å². The molecule has 1 N–H and O–H groups in total. The Morgan fingerprint density at radius 1 is 1.50 bits per heavy atom. The Morgan fingerprint density at radius 3 is 3.06 bits per heavy atom. The molecule has 1 aliphatic rings. The molecule has 0 aromatic heterocycles. The highest BCUT2D eigenvalue weighted by Gasteiger charge is 2.27. The van der Waals surface area contributed by atoms with Gasteiger partial charge in [0.2, 0.25) is 0 Å². The highest BCUT2D eigenvalue weighted by molar-refractivity contribution is 7.99. The van der Waals surface area contributed by atoms with E-state index in [9.17, 15) is 4.79 Å². The van der Waals surface area contributed by atoms with Gasteiger partial charge in [-0.25, -0.2) is 0 Å². The molecule has 1 fully saturated rings. The highest BCUT2D eigenvalue weighted by Crippen LogP contribution is 2.28. The summed E-state index contributed by atoms with van der Waals surface area (Å²) in [6.45, 7) is 0. The summed E-state index contributed by atoms with van der Waals surface area (Å²) in [5.41, 5.74) is 1.69. The van der Waals surface area contributed by atoms with Gasteiger partial charge < -0.3 is 5.32 Å². The molecule has 2 rings (SSSR count). The summed E-state index contributed by atoms with van der Waals surface area (Å²) in [5.74, 6) is 0.464. The summed E-state index contributed by atoms with van der Waals surface area (Å²) in [6, 6.07) is 7.84. The smallest absolute Gasteiger partial charge is 0.251 e. The lowest BCUT2D eigenvalue weighted by Crippen LogP contribution is -2.38. The molecule has 2 nitrogen and oxygen atoms in total. The van der Waals surface area contributed by atoms with Crippen molar-refractivity contribution in [2.45, 2.75) is 36.4 Å². The maximum Gasteiger partial charge on any atom is 0.251 e. The summed E-state index contributed by atoms with van der Waals surface area (Å²) in [5, 5.41) is 3.70. The van der Waals surface area contributed by atoms with Crippen LogP contribution in [0.2, 0.25) is 0 Å². The molecule has 2 unspecified atom stereocenters. The molecule has 98 valence electrons. The van der Waals surface area contributed by atoms with E-state index in [1.54, 1.807) is 0 Å². The standard InChI is InChI=1S/C14H18ClNOS/c1-18-13-7-3-6-12(13)16-14(17)11-5-2-4-10(8-11)9-15/h2,4-5,8,12-13H,3,6-7,9H2,1H3,(H,16,17). The molecule has 1 saturated carbocycles. The number of rotatable bonds is 4. The second kappa shape index (κ2) is 6.48. The zero-order chi connectivity index (χ0) is 13.0. The van der Waals surface area contributed by atoms with Crippen molar-refractivity contribution in [3.05, 3.63) is 35.4 Å². The van der Waals surface area contributed by atoms with Gasteiger partial charge in [-0.05, 0) is 36.8 Å². The van der Waals surface area contributed by atoms with Crippen LogP contribution in [0.4, 0.5) is 0 Å². The van der Waals surface area contributed by atoms with Crippen molar-refractivity contribution in [1.29, 1.82) is 0 Å². The minimum absolute atomic E-state index is 0.0212. The molecule has 4 heteroatoms. The second-order valence-corrected chi connectivity index (χ2v) is 5.96. The van der Waals surface area contributed by atoms with E-state index in [-0.39, 0.29) is 5.91 Å². The lowest BCUT2D eigenvalue weighted by atomic mass is 10.1. The van der Waals surface area contributed by atoms with Crippen LogP contribution in [0, 0.1) is 0 Å². The fourth-order valence-electron chi connectivity index (χ4n) is 2.42. The van der Waals surface area contributed by atoms with Gasteiger partial charge in [-0.2, -0.15) is 11.8 Å². The molecule has 1 aromatic rings. The van der Waals surface area contributed by atoms with Crippen molar-refractivity contribution in [1.82, 2.24) is 5.32 Å². The number of halogens is 1. The molecule has 0 radical (unpaired) electrons. The maximum absolute atomic E-state index is 12.2. The zero-order valence-corrected chi connectivity index (χ0v) is 12.1. The van der Waals surface area contributed by atoms with E-state index >= 15 is 0 Å². The quantitative estimate of drug-likeness (QED) is 0.858. The van der Waals surface area contributed by atoms with Crippen LogP contribution in [0.15, 0.2) is 24.3 Å². The van der Waals surface area contributed by atoms with Crippen LogP contribution in [0.3, 0.4) is 0 Å². The van der Waals surface area contributed by atoms with E-state index in [4.69, 9.17) is 11.6 Å². The molecule has 1 aliphatic carbocycles. The number of hydrogen-bond donors (Lipinski definition) is 1. The van der Waals surface area contributed by atoms with Crippen molar-refractivity contribution in [2.24, 2.45) is 0 Å². The van der Waals surface area contributed by atoms with Crippen LogP contribution < -0.4 is 5.32 Å². The van der Waals surface area contributed by atoms with Crippen LogP contribution in [0.5, 0.6) is 0 Å². The third-order valence-corrected chi connectivity index (χ3v) is 4.89. The number of hydrogen-bond acceptors (Lipinski definition) is 2. The van der Waals surface area contributed by atoms with E-state index in [2.05, 4.69) is 11.6 Å². The molecule has 1 aromatic carbocycles. The third-order valence-electron chi connectivity index (χ3n) is 3.42. The first kappa shape index (κ1) is 13.8. The summed E-state index contributed by atoms with van der Waals surface area (Å²) in [7, 11) is 0. The van der Waals surface area contributed by atoms with Gasteiger partial charge in [0, 0.05) is 22.7 Å². The first-order chi connectivity index (χ1) is 8.74. The van der Waals surface area contributed by atoms with Crippen LogP contribution in [0.25, 0.3) is 0 Å². The van der Waals surface area contributed by atoms with E-state index in [0.717, 1.165) is 12.0 Å². The van der Waals surface area contributed by atoms with Gasteiger partial charge in [-0.3, -0.25) is 4.79 Å². The normalized spacial score (nSPS) is 23.0. The Hall–Kier alpha value is -0.670. The van der Waals surface area contributed by atoms with Gasteiger partial charge >= 0.3 is 0 Å². The molecular weight excluding hydrogens is 266 g/mol. The number of nitrogens with one attached hydrogen (secondary N) is 1. The SMILES string of the molecule is CSC1CCCC1NC(=O)c1cccc(CCl)c1. The van der Waals surface area contributed by atoms with E-state index in [1.165, 1.54) is 12.8 Å².